The molecule has 154 valence electrons. The number of ether oxygens (including phenoxy) is 1. The van der Waals surface area contributed by atoms with Crippen LogP contribution in [0.15, 0.2) is 42.5 Å². The molecule has 0 aromatic heterocycles. The molecule has 2 aromatic carbocycles. The van der Waals surface area contributed by atoms with Crippen molar-refractivity contribution in [1.29, 1.82) is 0 Å². The van der Waals surface area contributed by atoms with Crippen molar-refractivity contribution < 1.29 is 19.4 Å². The highest BCUT2D eigenvalue weighted by Crippen LogP contribution is 2.26. The molecule has 2 aromatic rings. The number of carboxylic acid groups (broad SMARTS) is 1. The van der Waals surface area contributed by atoms with Crippen LogP contribution in [0.1, 0.15) is 70.9 Å². The van der Waals surface area contributed by atoms with Gasteiger partial charge in [-0.05, 0) is 67.7 Å². The van der Waals surface area contributed by atoms with Gasteiger partial charge in [-0.2, -0.15) is 0 Å². The van der Waals surface area contributed by atoms with Crippen LogP contribution in [0.4, 0.5) is 0 Å². The predicted molar refractivity (Wildman–Crippen MR) is 113 cm³/mol. The number of rotatable bonds is 8. The summed E-state index contributed by atoms with van der Waals surface area (Å²) in [4.78, 5) is 27.2. The van der Waals surface area contributed by atoms with Crippen LogP contribution in [-0.2, 0) is 0 Å². The lowest BCUT2D eigenvalue weighted by Gasteiger charge is -2.26. The van der Waals surface area contributed by atoms with Crippen LogP contribution in [0.25, 0.3) is 0 Å². The molecule has 5 heteroatoms. The van der Waals surface area contributed by atoms with E-state index in [1.54, 1.807) is 30.3 Å². The van der Waals surface area contributed by atoms with Crippen LogP contribution in [0.3, 0.4) is 0 Å². The van der Waals surface area contributed by atoms with Crippen molar-refractivity contribution in [1.82, 2.24) is 4.90 Å². The summed E-state index contributed by atoms with van der Waals surface area (Å²) in [5, 5.41) is 9.54. The van der Waals surface area contributed by atoms with E-state index in [4.69, 9.17) is 4.74 Å². The number of nitrogens with zero attached hydrogens (tertiary/aromatic N) is 1. The summed E-state index contributed by atoms with van der Waals surface area (Å²) in [6.07, 6.45) is 3.83. The second kappa shape index (κ2) is 9.70. The van der Waals surface area contributed by atoms with Gasteiger partial charge in [0.1, 0.15) is 12.4 Å². The number of benzene rings is 2. The summed E-state index contributed by atoms with van der Waals surface area (Å²) in [5.74, 6) is -0.597. The van der Waals surface area contributed by atoms with E-state index in [1.807, 2.05) is 19.9 Å². The summed E-state index contributed by atoms with van der Waals surface area (Å²) >= 11 is 0. The first-order valence-corrected chi connectivity index (χ1v) is 10.3. The van der Waals surface area contributed by atoms with E-state index >= 15 is 0 Å². The second-order valence-electron chi connectivity index (χ2n) is 7.83. The van der Waals surface area contributed by atoms with Gasteiger partial charge in [0.15, 0.2) is 5.78 Å². The van der Waals surface area contributed by atoms with Gasteiger partial charge in [-0.1, -0.05) is 32.4 Å². The highest BCUT2D eigenvalue weighted by molar-refractivity contribution is 6.15. The molecule has 29 heavy (non-hydrogen) atoms. The number of carboxylic acids is 1. The van der Waals surface area contributed by atoms with E-state index in [1.165, 1.54) is 25.3 Å². The Morgan fingerprint density at radius 3 is 2.34 bits per heavy atom. The molecule has 0 saturated carbocycles. The van der Waals surface area contributed by atoms with Crippen LogP contribution in [-0.4, -0.2) is 48.0 Å². The Labute approximate surface area is 172 Å². The zero-order valence-electron chi connectivity index (χ0n) is 17.2. The maximum absolute atomic E-state index is 13.1. The Bertz CT molecular complexity index is 852. The number of ketones is 1. The highest BCUT2D eigenvalue weighted by Gasteiger charge is 2.23. The van der Waals surface area contributed by atoms with Crippen molar-refractivity contribution in [2.45, 2.75) is 39.0 Å². The molecule has 5 nitrogen and oxygen atoms in total. The smallest absolute Gasteiger partial charge is 0.336 e. The molecule has 0 unspecified atom stereocenters. The zero-order chi connectivity index (χ0) is 20.8. The molecule has 1 saturated heterocycles. The minimum Gasteiger partial charge on any atom is -0.492 e. The Hall–Kier alpha value is -2.66. The number of piperidine rings is 1. The zero-order valence-corrected chi connectivity index (χ0v) is 17.2. The van der Waals surface area contributed by atoms with E-state index in [-0.39, 0.29) is 22.8 Å². The van der Waals surface area contributed by atoms with Crippen molar-refractivity contribution in [3.05, 3.63) is 64.7 Å². The van der Waals surface area contributed by atoms with Crippen LogP contribution in [0.2, 0.25) is 0 Å². The molecule has 0 amide bonds. The predicted octanol–water partition coefficient (Wildman–Crippen LogP) is 4.60. The van der Waals surface area contributed by atoms with Crippen molar-refractivity contribution in [2.75, 3.05) is 26.2 Å². The largest absolute Gasteiger partial charge is 0.492 e. The summed E-state index contributed by atoms with van der Waals surface area (Å²) < 4.78 is 5.83. The molecule has 0 radical (unpaired) electrons. The van der Waals surface area contributed by atoms with E-state index in [9.17, 15) is 14.7 Å². The maximum atomic E-state index is 13.1. The maximum Gasteiger partial charge on any atom is 0.336 e. The van der Waals surface area contributed by atoms with Crippen molar-refractivity contribution in [2.24, 2.45) is 0 Å². The molecule has 1 aliphatic rings. The lowest BCUT2D eigenvalue weighted by molar-refractivity contribution is 0.0692. The fourth-order valence-electron chi connectivity index (χ4n) is 3.81. The van der Waals surface area contributed by atoms with Crippen molar-refractivity contribution in [3.8, 4) is 5.75 Å². The molecule has 1 heterocycles. The lowest BCUT2D eigenvalue weighted by atomic mass is 9.88. The number of likely N-dealkylation sites (tertiary alicyclic amines) is 1. The fourth-order valence-corrected chi connectivity index (χ4v) is 3.81. The summed E-state index contributed by atoms with van der Waals surface area (Å²) in [7, 11) is 0. The Kier molecular flexibility index (Phi) is 7.04. The number of hydrogen-bond acceptors (Lipinski definition) is 4. The summed E-state index contributed by atoms with van der Waals surface area (Å²) in [6, 6.07) is 12.0. The lowest BCUT2D eigenvalue weighted by Crippen LogP contribution is -2.33. The third-order valence-corrected chi connectivity index (χ3v) is 5.42. The molecule has 1 fully saturated rings. The van der Waals surface area contributed by atoms with Crippen LogP contribution in [0, 0.1) is 0 Å². The first kappa shape index (κ1) is 21.1. The van der Waals surface area contributed by atoms with Gasteiger partial charge >= 0.3 is 5.97 Å². The third kappa shape index (κ3) is 5.24. The standard InChI is InChI=1S/C24H29NO4/c1-17(2)20-7-6-8-21(24(27)28)22(20)23(26)18-9-11-19(12-10-18)29-16-15-25-13-4-3-5-14-25/h6-12,17H,3-5,13-16H2,1-2H3,(H,27,28). The topological polar surface area (TPSA) is 66.8 Å². The highest BCUT2D eigenvalue weighted by atomic mass is 16.5. The Morgan fingerprint density at radius 2 is 1.72 bits per heavy atom. The Morgan fingerprint density at radius 1 is 1.03 bits per heavy atom. The van der Waals surface area contributed by atoms with E-state index < -0.39 is 5.97 Å². The van der Waals surface area contributed by atoms with Gasteiger partial charge in [0.25, 0.3) is 0 Å². The normalized spacial score (nSPS) is 14.7. The van der Waals surface area contributed by atoms with Gasteiger partial charge < -0.3 is 9.84 Å². The quantitative estimate of drug-likeness (QED) is 0.662. The molecule has 0 spiro atoms. The fraction of sp³-hybridized carbons (Fsp3) is 0.417. The summed E-state index contributed by atoms with van der Waals surface area (Å²) in [5.41, 5.74) is 1.53. The monoisotopic (exact) mass is 395 g/mol. The first-order valence-electron chi connectivity index (χ1n) is 10.3. The number of carbonyl (C=O) groups is 2. The molecule has 3 rings (SSSR count). The number of hydrogen-bond donors (Lipinski definition) is 1. The van der Waals surface area contributed by atoms with Crippen LogP contribution >= 0.6 is 0 Å². The first-order chi connectivity index (χ1) is 14.0. The Balaban J connectivity index is 1.71. The van der Waals surface area contributed by atoms with E-state index in [0.29, 0.717) is 17.9 Å². The minimum absolute atomic E-state index is 0.0445. The third-order valence-electron chi connectivity index (χ3n) is 5.42. The van der Waals surface area contributed by atoms with Crippen molar-refractivity contribution >= 4 is 11.8 Å². The molecule has 0 aliphatic carbocycles. The molecule has 0 atom stereocenters. The number of carbonyl (C=O) groups excluding carboxylic acids is 1. The van der Waals surface area contributed by atoms with Gasteiger partial charge in [0, 0.05) is 17.7 Å². The van der Waals surface area contributed by atoms with Gasteiger partial charge in [0.2, 0.25) is 0 Å². The van der Waals surface area contributed by atoms with Gasteiger partial charge in [0.05, 0.1) is 5.56 Å². The van der Waals surface area contributed by atoms with E-state index in [0.717, 1.165) is 25.2 Å². The van der Waals surface area contributed by atoms with Crippen LogP contribution < -0.4 is 4.74 Å². The van der Waals surface area contributed by atoms with Gasteiger partial charge in [-0.25, -0.2) is 4.79 Å². The molecule has 1 aliphatic heterocycles. The average molecular weight is 395 g/mol. The van der Waals surface area contributed by atoms with Crippen LogP contribution in [0.5, 0.6) is 5.75 Å². The summed E-state index contributed by atoms with van der Waals surface area (Å²) in [6.45, 7) is 7.71. The second-order valence-corrected chi connectivity index (χ2v) is 7.83. The van der Waals surface area contributed by atoms with Crippen molar-refractivity contribution in [3.63, 3.8) is 0 Å². The number of aromatic carboxylic acids is 1. The van der Waals surface area contributed by atoms with Gasteiger partial charge in [-0.15, -0.1) is 0 Å². The van der Waals surface area contributed by atoms with E-state index in [2.05, 4.69) is 4.90 Å². The van der Waals surface area contributed by atoms with Gasteiger partial charge in [-0.3, -0.25) is 9.69 Å². The molecular weight excluding hydrogens is 366 g/mol. The molecular formula is C24H29NO4. The molecule has 1 N–H and O–H groups in total. The average Bonchev–Trinajstić information content (AvgIpc) is 2.74. The minimum atomic E-state index is -1.09. The molecule has 0 bridgehead atoms. The SMILES string of the molecule is CC(C)c1cccc(C(=O)O)c1C(=O)c1ccc(OCCN2CCCCC2)cc1.